The Morgan fingerprint density at radius 1 is 1.43 bits per heavy atom. The largest absolute Gasteiger partial charge is 0.481 e. The first-order valence-electron chi connectivity index (χ1n) is 5.95. The molecule has 0 bridgehead atoms. The van der Waals surface area contributed by atoms with Crippen LogP contribution < -0.4 is 5.32 Å². The van der Waals surface area contributed by atoms with Crippen LogP contribution in [0.4, 0.5) is 5.69 Å². The molecule has 1 aliphatic rings. The zero-order valence-corrected chi connectivity index (χ0v) is 11.4. The lowest BCUT2D eigenvalue weighted by molar-refractivity contribution is -0.384. The number of halogens is 1. The third-order valence-corrected chi connectivity index (χ3v) is 3.45. The van der Waals surface area contributed by atoms with Crippen LogP contribution in [0, 0.1) is 16.0 Å². The number of ether oxygens (including phenoxy) is 1. The molecule has 1 saturated heterocycles. The van der Waals surface area contributed by atoms with Crippen molar-refractivity contribution < 1.29 is 24.4 Å². The van der Waals surface area contributed by atoms with Crippen molar-refractivity contribution in [3.05, 3.63) is 38.9 Å². The molecule has 8 nitrogen and oxygen atoms in total. The Hall–Kier alpha value is -2.19. The van der Waals surface area contributed by atoms with Gasteiger partial charge in [0.2, 0.25) is 0 Å². The number of nitro benzene ring substituents is 1. The summed E-state index contributed by atoms with van der Waals surface area (Å²) < 4.78 is 5.02. The van der Waals surface area contributed by atoms with Crippen molar-refractivity contribution in [2.24, 2.45) is 5.92 Å². The molecule has 21 heavy (non-hydrogen) atoms. The van der Waals surface area contributed by atoms with Gasteiger partial charge >= 0.3 is 5.97 Å². The maximum absolute atomic E-state index is 12.1. The molecule has 9 heteroatoms. The first-order chi connectivity index (χ1) is 9.90. The molecule has 2 unspecified atom stereocenters. The molecule has 0 aliphatic carbocycles. The summed E-state index contributed by atoms with van der Waals surface area (Å²) in [5.74, 6) is -2.61. The van der Waals surface area contributed by atoms with Crippen molar-refractivity contribution in [2.75, 3.05) is 13.2 Å². The predicted molar refractivity (Wildman–Crippen MR) is 71.3 cm³/mol. The number of aliphatic carboxylic acids is 1. The van der Waals surface area contributed by atoms with E-state index in [0.717, 1.165) is 6.07 Å². The highest BCUT2D eigenvalue weighted by atomic mass is 35.5. The highest BCUT2D eigenvalue weighted by Crippen LogP contribution is 2.23. The van der Waals surface area contributed by atoms with Gasteiger partial charge in [0.05, 0.1) is 34.8 Å². The Morgan fingerprint density at radius 3 is 2.76 bits per heavy atom. The van der Waals surface area contributed by atoms with E-state index < -0.39 is 28.8 Å². The zero-order valence-electron chi connectivity index (χ0n) is 10.6. The first-order valence-corrected chi connectivity index (χ1v) is 6.33. The summed E-state index contributed by atoms with van der Waals surface area (Å²) in [7, 11) is 0. The molecule has 2 atom stereocenters. The second-order valence-electron chi connectivity index (χ2n) is 4.48. The summed E-state index contributed by atoms with van der Waals surface area (Å²) in [5, 5.41) is 22.2. The van der Waals surface area contributed by atoms with E-state index >= 15 is 0 Å². The van der Waals surface area contributed by atoms with Gasteiger partial charge in [-0.15, -0.1) is 0 Å². The summed E-state index contributed by atoms with van der Waals surface area (Å²) in [5.41, 5.74) is -0.357. The van der Waals surface area contributed by atoms with Crippen LogP contribution >= 0.6 is 11.6 Å². The van der Waals surface area contributed by atoms with E-state index in [1.807, 2.05) is 0 Å². The summed E-state index contributed by atoms with van der Waals surface area (Å²) in [6, 6.07) is 2.76. The fourth-order valence-corrected chi connectivity index (χ4v) is 2.19. The minimum atomic E-state index is -1.08. The molecule has 1 aromatic carbocycles. The number of hydrogen-bond donors (Lipinski definition) is 2. The van der Waals surface area contributed by atoms with E-state index in [4.69, 9.17) is 21.4 Å². The summed E-state index contributed by atoms with van der Waals surface area (Å²) in [6.45, 7) is 0.0677. The molecule has 1 aliphatic heterocycles. The number of non-ortho nitro benzene ring substituents is 1. The Morgan fingerprint density at radius 2 is 2.14 bits per heavy atom. The van der Waals surface area contributed by atoms with Crippen molar-refractivity contribution in [2.45, 2.75) is 6.04 Å². The number of carboxylic acid groups (broad SMARTS) is 1. The zero-order chi connectivity index (χ0) is 15.6. The number of benzene rings is 1. The topological polar surface area (TPSA) is 119 Å². The van der Waals surface area contributed by atoms with Crippen LogP contribution in [0.3, 0.4) is 0 Å². The molecule has 2 N–H and O–H groups in total. The minimum absolute atomic E-state index is 0.00293. The van der Waals surface area contributed by atoms with Crippen molar-refractivity contribution in [3.63, 3.8) is 0 Å². The van der Waals surface area contributed by atoms with Crippen molar-refractivity contribution in [1.29, 1.82) is 0 Å². The average Bonchev–Trinajstić information content (AvgIpc) is 2.87. The van der Waals surface area contributed by atoms with Gasteiger partial charge in [0, 0.05) is 12.1 Å². The number of carboxylic acids is 1. The molecule has 0 spiro atoms. The number of carbonyl (C=O) groups excluding carboxylic acids is 1. The first kappa shape index (κ1) is 15.2. The number of carbonyl (C=O) groups is 2. The maximum atomic E-state index is 12.1. The third-order valence-electron chi connectivity index (χ3n) is 3.12. The Bertz CT molecular complexity index is 605. The van der Waals surface area contributed by atoms with E-state index in [1.54, 1.807) is 0 Å². The van der Waals surface area contributed by atoms with Crippen LogP contribution in [-0.2, 0) is 9.53 Å². The van der Waals surface area contributed by atoms with Crippen molar-refractivity contribution >= 4 is 29.2 Å². The van der Waals surface area contributed by atoms with Gasteiger partial charge in [0.25, 0.3) is 11.6 Å². The Labute approximate surface area is 123 Å². The van der Waals surface area contributed by atoms with Crippen LogP contribution in [-0.4, -0.2) is 41.2 Å². The normalized spacial score (nSPS) is 21.0. The number of rotatable bonds is 4. The number of nitrogens with one attached hydrogen (secondary N) is 1. The van der Waals surface area contributed by atoms with Gasteiger partial charge in [-0.05, 0) is 6.07 Å². The fourth-order valence-electron chi connectivity index (χ4n) is 1.99. The van der Waals surface area contributed by atoms with E-state index in [9.17, 15) is 19.7 Å². The molecule has 0 aromatic heterocycles. The molecular weight excluding hydrogens is 304 g/mol. The molecule has 2 rings (SSSR count). The standard InChI is InChI=1S/C12H11ClN2O6/c13-9-2-1-6(15(19)20)3-7(9)11(16)14-10-5-21-4-8(10)12(17)18/h1-3,8,10H,4-5H2,(H,14,16)(H,17,18). The number of amides is 1. The Balaban J connectivity index is 2.18. The molecular formula is C12H11ClN2O6. The maximum Gasteiger partial charge on any atom is 0.311 e. The Kier molecular flexibility index (Phi) is 4.39. The third kappa shape index (κ3) is 3.29. The molecule has 1 aromatic rings. The van der Waals surface area contributed by atoms with Crippen LogP contribution in [0.1, 0.15) is 10.4 Å². The van der Waals surface area contributed by atoms with Gasteiger partial charge in [0.15, 0.2) is 0 Å². The lowest BCUT2D eigenvalue weighted by atomic mass is 10.0. The van der Waals surface area contributed by atoms with Gasteiger partial charge in [-0.3, -0.25) is 19.7 Å². The second kappa shape index (κ2) is 6.06. The highest BCUT2D eigenvalue weighted by Gasteiger charge is 2.35. The van der Waals surface area contributed by atoms with Crippen LogP contribution in [0.2, 0.25) is 5.02 Å². The van der Waals surface area contributed by atoms with Gasteiger partial charge < -0.3 is 15.2 Å². The summed E-state index contributed by atoms with van der Waals surface area (Å²) in [6.07, 6.45) is 0. The molecule has 112 valence electrons. The molecule has 1 amide bonds. The van der Waals surface area contributed by atoms with Gasteiger partial charge in [-0.25, -0.2) is 0 Å². The number of nitrogens with zero attached hydrogens (tertiary/aromatic N) is 1. The van der Waals surface area contributed by atoms with E-state index in [1.165, 1.54) is 12.1 Å². The quantitative estimate of drug-likeness (QED) is 0.634. The van der Waals surface area contributed by atoms with E-state index in [-0.39, 0.29) is 29.5 Å². The van der Waals surface area contributed by atoms with Crippen LogP contribution in [0.15, 0.2) is 18.2 Å². The monoisotopic (exact) mass is 314 g/mol. The average molecular weight is 315 g/mol. The van der Waals surface area contributed by atoms with Crippen LogP contribution in [0.5, 0.6) is 0 Å². The number of nitro groups is 1. The second-order valence-corrected chi connectivity index (χ2v) is 4.89. The highest BCUT2D eigenvalue weighted by molar-refractivity contribution is 6.34. The minimum Gasteiger partial charge on any atom is -0.481 e. The number of hydrogen-bond acceptors (Lipinski definition) is 5. The van der Waals surface area contributed by atoms with Gasteiger partial charge in [-0.2, -0.15) is 0 Å². The van der Waals surface area contributed by atoms with E-state index in [2.05, 4.69) is 5.32 Å². The van der Waals surface area contributed by atoms with Crippen molar-refractivity contribution in [1.82, 2.24) is 5.32 Å². The summed E-state index contributed by atoms with van der Waals surface area (Å²) >= 11 is 5.85. The van der Waals surface area contributed by atoms with Crippen molar-refractivity contribution in [3.8, 4) is 0 Å². The lowest BCUT2D eigenvalue weighted by Crippen LogP contribution is -2.42. The predicted octanol–water partition coefficient (Wildman–Crippen LogP) is 1.08. The molecule has 1 fully saturated rings. The SMILES string of the molecule is O=C(NC1COCC1C(=O)O)c1cc([N+](=O)[O-])ccc1Cl. The van der Waals surface area contributed by atoms with Crippen LogP contribution in [0.25, 0.3) is 0 Å². The van der Waals surface area contributed by atoms with E-state index in [0.29, 0.717) is 0 Å². The van der Waals surface area contributed by atoms with Gasteiger partial charge in [-0.1, -0.05) is 11.6 Å². The molecule has 0 radical (unpaired) electrons. The fraction of sp³-hybridized carbons (Fsp3) is 0.333. The molecule has 1 heterocycles. The summed E-state index contributed by atoms with van der Waals surface area (Å²) in [4.78, 5) is 33.2. The lowest BCUT2D eigenvalue weighted by Gasteiger charge is -2.16. The molecule has 0 saturated carbocycles. The smallest absolute Gasteiger partial charge is 0.311 e. The van der Waals surface area contributed by atoms with Gasteiger partial charge in [0.1, 0.15) is 5.92 Å².